The van der Waals surface area contributed by atoms with Crippen molar-refractivity contribution in [2.24, 2.45) is 11.8 Å². The van der Waals surface area contributed by atoms with Crippen LogP contribution < -0.4 is 5.32 Å². The van der Waals surface area contributed by atoms with Crippen LogP contribution in [0.4, 0.5) is 5.69 Å². The first-order valence-corrected chi connectivity index (χ1v) is 7.44. The lowest BCUT2D eigenvalue weighted by molar-refractivity contribution is -0.384. The van der Waals surface area contributed by atoms with Crippen LogP contribution in [-0.4, -0.2) is 11.0 Å². The van der Waals surface area contributed by atoms with Crippen LogP contribution in [0.25, 0.3) is 0 Å². The van der Waals surface area contributed by atoms with Gasteiger partial charge in [-0.2, -0.15) is 0 Å². The van der Waals surface area contributed by atoms with Crippen LogP contribution in [0.2, 0.25) is 0 Å². The van der Waals surface area contributed by atoms with Crippen molar-refractivity contribution in [2.45, 2.75) is 39.3 Å². The van der Waals surface area contributed by atoms with Crippen molar-refractivity contribution < 1.29 is 4.92 Å². The lowest BCUT2D eigenvalue weighted by Crippen LogP contribution is -2.31. The van der Waals surface area contributed by atoms with E-state index < -0.39 is 0 Å². The number of nitro groups is 1. The fourth-order valence-corrected chi connectivity index (χ4v) is 3.19. The van der Waals surface area contributed by atoms with E-state index in [1.54, 1.807) is 12.1 Å². The summed E-state index contributed by atoms with van der Waals surface area (Å²) in [6.07, 6.45) is 2.49. The first-order valence-electron chi connectivity index (χ1n) is 6.65. The summed E-state index contributed by atoms with van der Waals surface area (Å²) in [4.78, 5) is 10.3. The number of nitrogens with zero attached hydrogens (tertiary/aromatic N) is 1. The minimum atomic E-state index is -0.372. The normalized spacial score (nSPS) is 26.6. The molecule has 4 nitrogen and oxygen atoms in total. The van der Waals surface area contributed by atoms with Crippen molar-refractivity contribution in [3.63, 3.8) is 0 Å². The Morgan fingerprint density at radius 1 is 1.42 bits per heavy atom. The van der Waals surface area contributed by atoms with Crippen LogP contribution in [-0.2, 0) is 6.54 Å². The summed E-state index contributed by atoms with van der Waals surface area (Å²) in [7, 11) is 0. The SMILES string of the molecule is CC1CCC(NCc2ccc([N+](=O)[O-])cc2Br)C1C. The average Bonchev–Trinajstić information content (AvgIpc) is 2.68. The second kappa shape index (κ2) is 6.01. The van der Waals surface area contributed by atoms with E-state index in [9.17, 15) is 10.1 Å². The Balaban J connectivity index is 1.98. The van der Waals surface area contributed by atoms with Gasteiger partial charge in [0.25, 0.3) is 5.69 Å². The highest BCUT2D eigenvalue weighted by molar-refractivity contribution is 9.10. The lowest BCUT2D eigenvalue weighted by atomic mass is 9.97. The monoisotopic (exact) mass is 326 g/mol. The van der Waals surface area contributed by atoms with Gasteiger partial charge >= 0.3 is 0 Å². The molecule has 0 aliphatic heterocycles. The van der Waals surface area contributed by atoms with Crippen molar-refractivity contribution in [3.8, 4) is 0 Å². The molecule has 0 spiro atoms. The van der Waals surface area contributed by atoms with Gasteiger partial charge in [-0.05, 0) is 36.3 Å². The second-order valence-electron chi connectivity index (χ2n) is 5.43. The molecule has 0 radical (unpaired) electrons. The zero-order valence-electron chi connectivity index (χ0n) is 11.2. The summed E-state index contributed by atoms with van der Waals surface area (Å²) in [6, 6.07) is 5.50. The summed E-state index contributed by atoms with van der Waals surface area (Å²) in [5, 5.41) is 14.2. The van der Waals surface area contributed by atoms with E-state index in [-0.39, 0.29) is 10.6 Å². The van der Waals surface area contributed by atoms with Crippen molar-refractivity contribution >= 4 is 21.6 Å². The van der Waals surface area contributed by atoms with Gasteiger partial charge in [-0.15, -0.1) is 0 Å². The standard InChI is InChI=1S/C14H19BrN2O2/c1-9-3-6-14(10(9)2)16-8-11-4-5-12(17(18)19)7-13(11)15/h4-5,7,9-10,14,16H,3,6,8H2,1-2H3. The number of halogens is 1. The molecule has 0 saturated heterocycles. The van der Waals surface area contributed by atoms with Crippen molar-refractivity contribution in [1.82, 2.24) is 5.32 Å². The number of benzene rings is 1. The molecule has 1 aliphatic rings. The van der Waals surface area contributed by atoms with Gasteiger partial charge in [-0.3, -0.25) is 10.1 Å². The maximum Gasteiger partial charge on any atom is 0.270 e. The molecule has 1 saturated carbocycles. The first kappa shape index (κ1) is 14.5. The van der Waals surface area contributed by atoms with Crippen LogP contribution >= 0.6 is 15.9 Å². The molecule has 0 heterocycles. The van der Waals surface area contributed by atoms with Gasteiger partial charge in [0.1, 0.15) is 0 Å². The molecule has 104 valence electrons. The molecule has 0 amide bonds. The molecule has 19 heavy (non-hydrogen) atoms. The Morgan fingerprint density at radius 3 is 2.68 bits per heavy atom. The first-order chi connectivity index (χ1) is 8.99. The van der Waals surface area contributed by atoms with Crippen molar-refractivity contribution in [1.29, 1.82) is 0 Å². The topological polar surface area (TPSA) is 55.2 Å². The van der Waals surface area contributed by atoms with E-state index in [1.165, 1.54) is 12.8 Å². The van der Waals surface area contributed by atoms with Crippen LogP contribution in [0.15, 0.2) is 22.7 Å². The summed E-state index contributed by atoms with van der Waals surface area (Å²) in [6.45, 7) is 5.34. The molecule has 2 rings (SSSR count). The number of non-ortho nitro benzene ring substituents is 1. The molecule has 1 aromatic carbocycles. The maximum absolute atomic E-state index is 10.7. The number of hydrogen-bond acceptors (Lipinski definition) is 3. The molecule has 1 fully saturated rings. The quantitative estimate of drug-likeness (QED) is 0.674. The summed E-state index contributed by atoms with van der Waals surface area (Å²) < 4.78 is 0.799. The predicted molar refractivity (Wildman–Crippen MR) is 79.0 cm³/mol. The van der Waals surface area contributed by atoms with E-state index >= 15 is 0 Å². The third-order valence-corrected chi connectivity index (χ3v) is 5.01. The smallest absolute Gasteiger partial charge is 0.270 e. The summed E-state index contributed by atoms with van der Waals surface area (Å²) >= 11 is 3.41. The van der Waals surface area contributed by atoms with Crippen LogP contribution in [0.1, 0.15) is 32.3 Å². The molecule has 3 atom stereocenters. The highest BCUT2D eigenvalue weighted by Crippen LogP contribution is 2.31. The van der Waals surface area contributed by atoms with Crippen LogP contribution in [0.5, 0.6) is 0 Å². The van der Waals surface area contributed by atoms with E-state index in [1.807, 2.05) is 6.07 Å². The zero-order chi connectivity index (χ0) is 14.0. The second-order valence-corrected chi connectivity index (χ2v) is 6.29. The lowest BCUT2D eigenvalue weighted by Gasteiger charge is -2.20. The molecule has 5 heteroatoms. The average molecular weight is 327 g/mol. The molecule has 1 aliphatic carbocycles. The van der Waals surface area contributed by atoms with E-state index in [0.29, 0.717) is 12.0 Å². The number of rotatable bonds is 4. The van der Waals surface area contributed by atoms with E-state index in [2.05, 4.69) is 35.1 Å². The van der Waals surface area contributed by atoms with E-state index in [0.717, 1.165) is 22.5 Å². The van der Waals surface area contributed by atoms with Gasteiger partial charge < -0.3 is 5.32 Å². The van der Waals surface area contributed by atoms with Gasteiger partial charge in [-0.25, -0.2) is 0 Å². The van der Waals surface area contributed by atoms with Gasteiger partial charge in [0, 0.05) is 29.2 Å². The molecular formula is C14H19BrN2O2. The van der Waals surface area contributed by atoms with Crippen molar-refractivity contribution in [2.75, 3.05) is 0 Å². The minimum Gasteiger partial charge on any atom is -0.310 e. The van der Waals surface area contributed by atoms with Gasteiger partial charge in [0.15, 0.2) is 0 Å². The molecule has 3 unspecified atom stereocenters. The fraction of sp³-hybridized carbons (Fsp3) is 0.571. The predicted octanol–water partition coefficient (Wildman–Crippen LogP) is 3.88. The Hall–Kier alpha value is -0.940. The van der Waals surface area contributed by atoms with Gasteiger partial charge in [-0.1, -0.05) is 29.8 Å². The third-order valence-electron chi connectivity index (χ3n) is 4.27. The largest absolute Gasteiger partial charge is 0.310 e. The number of nitro benzene ring substituents is 1. The van der Waals surface area contributed by atoms with Crippen LogP contribution in [0.3, 0.4) is 0 Å². The van der Waals surface area contributed by atoms with E-state index in [4.69, 9.17) is 0 Å². The number of nitrogens with one attached hydrogen (secondary N) is 1. The highest BCUT2D eigenvalue weighted by Gasteiger charge is 2.29. The van der Waals surface area contributed by atoms with Gasteiger partial charge in [0.05, 0.1) is 4.92 Å². The summed E-state index contributed by atoms with van der Waals surface area (Å²) in [5.41, 5.74) is 1.19. The Labute approximate surface area is 121 Å². The number of hydrogen-bond donors (Lipinski definition) is 1. The Kier molecular flexibility index (Phi) is 4.58. The van der Waals surface area contributed by atoms with Crippen molar-refractivity contribution in [3.05, 3.63) is 38.3 Å². The highest BCUT2D eigenvalue weighted by atomic mass is 79.9. The Bertz CT molecular complexity index is 479. The molecule has 1 aromatic rings. The zero-order valence-corrected chi connectivity index (χ0v) is 12.8. The van der Waals surface area contributed by atoms with Gasteiger partial charge in [0.2, 0.25) is 0 Å². The minimum absolute atomic E-state index is 0.124. The molecular weight excluding hydrogens is 308 g/mol. The molecule has 0 bridgehead atoms. The molecule has 1 N–H and O–H groups in total. The fourth-order valence-electron chi connectivity index (χ4n) is 2.69. The third kappa shape index (κ3) is 3.34. The Morgan fingerprint density at radius 2 is 2.16 bits per heavy atom. The maximum atomic E-state index is 10.7. The molecule has 0 aromatic heterocycles. The van der Waals surface area contributed by atoms with Crippen LogP contribution in [0, 0.1) is 22.0 Å². The summed E-state index contributed by atoms with van der Waals surface area (Å²) in [5.74, 6) is 1.47.